The van der Waals surface area contributed by atoms with Gasteiger partial charge in [0.15, 0.2) is 0 Å². The average Bonchev–Trinajstić information content (AvgIpc) is 2.32. The molecule has 110 valence electrons. The lowest BCUT2D eigenvalue weighted by Gasteiger charge is -2.47. The fraction of sp³-hybridized carbons (Fsp3) is 0.562. The Labute approximate surface area is 120 Å². The van der Waals surface area contributed by atoms with Crippen molar-refractivity contribution in [2.75, 3.05) is 6.61 Å². The maximum absolute atomic E-state index is 11.7. The maximum Gasteiger partial charge on any atom is 0.407 e. The molecule has 0 saturated heterocycles. The Bertz CT molecular complexity index is 458. The fourth-order valence-corrected chi connectivity index (χ4v) is 2.71. The van der Waals surface area contributed by atoms with E-state index in [2.05, 4.69) is 5.32 Å². The molecule has 1 saturated carbocycles. The van der Waals surface area contributed by atoms with Gasteiger partial charge in [0, 0.05) is 11.5 Å². The molecule has 1 aliphatic rings. The number of ether oxygens (including phenoxy) is 1. The van der Waals surface area contributed by atoms with E-state index in [0.29, 0.717) is 0 Å². The van der Waals surface area contributed by atoms with Crippen molar-refractivity contribution in [3.05, 3.63) is 35.9 Å². The molecule has 2 rings (SSSR count). The Morgan fingerprint density at radius 2 is 1.95 bits per heavy atom. The highest BCUT2D eigenvalue weighted by Gasteiger charge is 2.46. The summed E-state index contributed by atoms with van der Waals surface area (Å²) in [6, 6.07) is 10.0. The van der Waals surface area contributed by atoms with Crippen LogP contribution in [0.2, 0.25) is 0 Å². The molecule has 1 fully saturated rings. The van der Waals surface area contributed by atoms with E-state index in [1.807, 2.05) is 51.1 Å². The van der Waals surface area contributed by atoms with Gasteiger partial charge in [-0.15, -0.1) is 0 Å². The number of amides is 1. The van der Waals surface area contributed by atoms with Gasteiger partial charge < -0.3 is 15.2 Å². The van der Waals surface area contributed by atoms with E-state index in [1.165, 1.54) is 0 Å². The van der Waals surface area contributed by atoms with Gasteiger partial charge in [-0.2, -0.15) is 0 Å². The van der Waals surface area contributed by atoms with Gasteiger partial charge in [0.25, 0.3) is 0 Å². The van der Waals surface area contributed by atoms with Crippen LogP contribution in [-0.4, -0.2) is 29.4 Å². The number of aliphatic hydroxyl groups is 1. The summed E-state index contributed by atoms with van der Waals surface area (Å²) in [5.74, 6) is 0. The van der Waals surface area contributed by atoms with E-state index in [1.54, 1.807) is 0 Å². The SMILES string of the molecule is CC(C)(C)OC(=O)NC1CC(CO)(c2ccccc2)C1. The number of nitrogens with one attached hydrogen (secondary N) is 1. The summed E-state index contributed by atoms with van der Waals surface area (Å²) in [5, 5.41) is 12.5. The maximum atomic E-state index is 11.7. The summed E-state index contributed by atoms with van der Waals surface area (Å²) in [6.07, 6.45) is 1.10. The molecule has 0 radical (unpaired) electrons. The molecule has 0 bridgehead atoms. The number of rotatable bonds is 3. The first-order valence-corrected chi connectivity index (χ1v) is 7.01. The molecule has 0 heterocycles. The number of carbonyl (C=O) groups excluding carboxylic acids is 1. The molecule has 2 N–H and O–H groups in total. The summed E-state index contributed by atoms with van der Waals surface area (Å²) in [6.45, 7) is 5.63. The van der Waals surface area contributed by atoms with Crippen LogP contribution >= 0.6 is 0 Å². The molecular formula is C16H23NO3. The summed E-state index contributed by atoms with van der Waals surface area (Å²) >= 11 is 0. The summed E-state index contributed by atoms with van der Waals surface area (Å²) in [4.78, 5) is 11.7. The van der Waals surface area contributed by atoms with Crippen molar-refractivity contribution >= 4 is 6.09 Å². The zero-order valence-electron chi connectivity index (χ0n) is 12.3. The molecule has 1 aromatic carbocycles. The minimum absolute atomic E-state index is 0.0669. The molecule has 0 unspecified atom stereocenters. The van der Waals surface area contributed by atoms with E-state index in [4.69, 9.17) is 4.74 Å². The van der Waals surface area contributed by atoms with Crippen molar-refractivity contribution in [3.8, 4) is 0 Å². The van der Waals surface area contributed by atoms with Gasteiger partial charge in [0.2, 0.25) is 0 Å². The minimum Gasteiger partial charge on any atom is -0.444 e. The first-order chi connectivity index (χ1) is 9.35. The Hall–Kier alpha value is -1.55. The second-order valence-corrected chi connectivity index (χ2v) is 6.56. The van der Waals surface area contributed by atoms with Gasteiger partial charge >= 0.3 is 6.09 Å². The number of hydrogen-bond donors (Lipinski definition) is 2. The fourth-order valence-electron chi connectivity index (χ4n) is 2.71. The Balaban J connectivity index is 1.91. The first kappa shape index (κ1) is 14.9. The number of alkyl carbamates (subject to hydrolysis) is 1. The minimum atomic E-state index is -0.485. The van der Waals surface area contributed by atoms with E-state index in [0.717, 1.165) is 18.4 Å². The Morgan fingerprint density at radius 1 is 1.35 bits per heavy atom. The van der Waals surface area contributed by atoms with E-state index in [-0.39, 0.29) is 24.2 Å². The second kappa shape index (κ2) is 5.44. The topological polar surface area (TPSA) is 58.6 Å². The van der Waals surface area contributed by atoms with E-state index >= 15 is 0 Å². The molecule has 1 aliphatic carbocycles. The van der Waals surface area contributed by atoms with Crippen LogP contribution in [0.4, 0.5) is 4.79 Å². The van der Waals surface area contributed by atoms with Crippen molar-refractivity contribution in [3.63, 3.8) is 0 Å². The quantitative estimate of drug-likeness (QED) is 0.893. The van der Waals surface area contributed by atoms with Crippen molar-refractivity contribution in [1.82, 2.24) is 5.32 Å². The van der Waals surface area contributed by atoms with Crippen LogP contribution in [0.5, 0.6) is 0 Å². The van der Waals surface area contributed by atoms with Crippen molar-refractivity contribution in [1.29, 1.82) is 0 Å². The third-order valence-corrected chi connectivity index (χ3v) is 3.68. The van der Waals surface area contributed by atoms with Crippen LogP contribution in [0.1, 0.15) is 39.2 Å². The third kappa shape index (κ3) is 3.31. The smallest absolute Gasteiger partial charge is 0.407 e. The van der Waals surface area contributed by atoms with Crippen LogP contribution in [0, 0.1) is 0 Å². The van der Waals surface area contributed by atoms with Gasteiger partial charge in [-0.25, -0.2) is 4.79 Å². The van der Waals surface area contributed by atoms with Crippen LogP contribution in [0.3, 0.4) is 0 Å². The monoisotopic (exact) mass is 277 g/mol. The molecule has 4 heteroatoms. The molecule has 1 amide bonds. The third-order valence-electron chi connectivity index (χ3n) is 3.68. The molecule has 0 aromatic heterocycles. The summed E-state index contributed by atoms with van der Waals surface area (Å²) in [7, 11) is 0. The lowest BCUT2D eigenvalue weighted by molar-refractivity contribution is 0.0359. The number of aliphatic hydroxyl groups excluding tert-OH is 1. The van der Waals surface area contributed by atoms with Crippen LogP contribution in [-0.2, 0) is 10.2 Å². The van der Waals surface area contributed by atoms with Gasteiger partial charge in [-0.1, -0.05) is 30.3 Å². The highest BCUT2D eigenvalue weighted by Crippen LogP contribution is 2.43. The molecule has 0 aliphatic heterocycles. The van der Waals surface area contributed by atoms with Gasteiger partial charge in [0.05, 0.1) is 6.61 Å². The molecule has 1 aromatic rings. The zero-order chi connectivity index (χ0) is 14.8. The normalized spacial score (nSPS) is 25.7. The van der Waals surface area contributed by atoms with E-state index < -0.39 is 5.60 Å². The van der Waals surface area contributed by atoms with Crippen molar-refractivity contribution < 1.29 is 14.6 Å². The average molecular weight is 277 g/mol. The predicted octanol–water partition coefficient (Wildman–Crippen LogP) is 2.60. The Kier molecular flexibility index (Phi) is 4.04. The van der Waals surface area contributed by atoms with E-state index in [9.17, 15) is 9.90 Å². The number of carbonyl (C=O) groups is 1. The lowest BCUT2D eigenvalue weighted by Crippen LogP contribution is -2.55. The predicted molar refractivity (Wildman–Crippen MR) is 77.6 cm³/mol. The Morgan fingerprint density at radius 3 is 2.45 bits per heavy atom. The zero-order valence-corrected chi connectivity index (χ0v) is 12.3. The molecule has 0 atom stereocenters. The first-order valence-electron chi connectivity index (χ1n) is 7.01. The highest BCUT2D eigenvalue weighted by atomic mass is 16.6. The van der Waals surface area contributed by atoms with Crippen molar-refractivity contribution in [2.45, 2.75) is 50.7 Å². The highest BCUT2D eigenvalue weighted by molar-refractivity contribution is 5.68. The van der Waals surface area contributed by atoms with Gasteiger partial charge in [-0.3, -0.25) is 0 Å². The molecule has 4 nitrogen and oxygen atoms in total. The largest absolute Gasteiger partial charge is 0.444 e. The summed E-state index contributed by atoms with van der Waals surface area (Å²) < 4.78 is 5.24. The van der Waals surface area contributed by atoms with Gasteiger partial charge in [-0.05, 0) is 39.2 Å². The second-order valence-electron chi connectivity index (χ2n) is 6.56. The number of hydrogen-bond acceptors (Lipinski definition) is 3. The molecule has 0 spiro atoms. The van der Waals surface area contributed by atoms with Gasteiger partial charge in [0.1, 0.15) is 5.60 Å². The van der Waals surface area contributed by atoms with Crippen LogP contribution < -0.4 is 5.32 Å². The van der Waals surface area contributed by atoms with Crippen LogP contribution in [0.15, 0.2) is 30.3 Å². The number of benzene rings is 1. The van der Waals surface area contributed by atoms with Crippen LogP contribution in [0.25, 0.3) is 0 Å². The molecular weight excluding hydrogens is 254 g/mol. The van der Waals surface area contributed by atoms with Crippen molar-refractivity contribution in [2.24, 2.45) is 0 Å². The summed E-state index contributed by atoms with van der Waals surface area (Å²) in [5.41, 5.74) is 0.423. The standard InChI is InChI=1S/C16H23NO3/c1-15(2,3)20-14(19)17-13-9-16(10-13,11-18)12-7-5-4-6-8-12/h4-8,13,18H,9-11H2,1-3H3,(H,17,19). The molecule has 20 heavy (non-hydrogen) atoms. The lowest BCUT2D eigenvalue weighted by atomic mass is 9.62.